The van der Waals surface area contributed by atoms with Crippen molar-refractivity contribution in [3.63, 3.8) is 0 Å². The molecule has 0 heterocycles. The van der Waals surface area contributed by atoms with E-state index in [0.29, 0.717) is 28.0 Å². The van der Waals surface area contributed by atoms with Gasteiger partial charge in [0.05, 0.1) is 9.46 Å². The second-order valence-electron chi connectivity index (χ2n) is 3.57. The van der Waals surface area contributed by atoms with Crippen LogP contribution in [0.3, 0.4) is 0 Å². The molecule has 0 aromatic heterocycles. The number of carbonyl (C=O) groups excluding carboxylic acids is 1. The van der Waals surface area contributed by atoms with Crippen molar-refractivity contribution in [3.05, 3.63) is 34.1 Å². The molecular formula is C11H12BrFN2OS. The maximum absolute atomic E-state index is 13.3. The van der Waals surface area contributed by atoms with Crippen LogP contribution in [0.15, 0.2) is 22.7 Å². The number of hydrogen-bond acceptors (Lipinski definition) is 2. The summed E-state index contributed by atoms with van der Waals surface area (Å²) < 4.78 is 13.6. The lowest BCUT2D eigenvalue weighted by Gasteiger charge is -2.16. The van der Waals surface area contributed by atoms with Gasteiger partial charge in [0, 0.05) is 25.6 Å². The van der Waals surface area contributed by atoms with Gasteiger partial charge >= 0.3 is 0 Å². The molecule has 3 nitrogen and oxygen atoms in total. The first-order chi connectivity index (χ1) is 7.91. The Kier molecular flexibility index (Phi) is 5.02. The fourth-order valence-corrected chi connectivity index (χ4v) is 1.57. The van der Waals surface area contributed by atoms with Crippen molar-refractivity contribution in [2.75, 3.05) is 13.6 Å². The standard InChI is InChI=1S/C11H12BrFN2OS/c1-15(5-4-10(14)17)11(16)7-2-3-8(12)9(13)6-7/h2-3,6H,4-5H2,1H3,(H2,14,17). The summed E-state index contributed by atoms with van der Waals surface area (Å²) in [5.41, 5.74) is 5.65. The Labute approximate surface area is 113 Å². The number of nitrogens with zero attached hydrogens (tertiary/aromatic N) is 1. The number of halogens is 2. The first-order valence-corrected chi connectivity index (χ1v) is 6.10. The first kappa shape index (κ1) is 14.1. The SMILES string of the molecule is CN(CCC(N)=S)C(=O)c1ccc(Br)c(F)c1. The van der Waals surface area contributed by atoms with E-state index in [0.717, 1.165) is 0 Å². The highest BCUT2D eigenvalue weighted by Gasteiger charge is 2.13. The highest BCUT2D eigenvalue weighted by Crippen LogP contribution is 2.17. The molecule has 0 unspecified atom stereocenters. The minimum atomic E-state index is -0.460. The monoisotopic (exact) mass is 318 g/mol. The van der Waals surface area contributed by atoms with Crippen LogP contribution in [0.2, 0.25) is 0 Å². The average molecular weight is 319 g/mol. The van der Waals surface area contributed by atoms with Crippen LogP contribution in [0.5, 0.6) is 0 Å². The van der Waals surface area contributed by atoms with E-state index in [1.807, 2.05) is 0 Å². The van der Waals surface area contributed by atoms with Gasteiger partial charge in [0.25, 0.3) is 5.91 Å². The summed E-state index contributed by atoms with van der Waals surface area (Å²) in [7, 11) is 1.63. The normalized spacial score (nSPS) is 10.1. The number of thiocarbonyl (C=S) groups is 1. The maximum atomic E-state index is 13.3. The fraction of sp³-hybridized carbons (Fsp3) is 0.273. The smallest absolute Gasteiger partial charge is 0.253 e. The highest BCUT2D eigenvalue weighted by molar-refractivity contribution is 9.10. The summed E-state index contributed by atoms with van der Waals surface area (Å²) in [6.45, 7) is 0.422. The largest absolute Gasteiger partial charge is 0.393 e. The van der Waals surface area contributed by atoms with Gasteiger partial charge in [0.1, 0.15) is 5.82 Å². The molecule has 0 aliphatic rings. The lowest BCUT2D eigenvalue weighted by molar-refractivity contribution is 0.0798. The molecule has 0 aliphatic carbocycles. The molecule has 1 amide bonds. The molecule has 1 rings (SSSR count). The Morgan fingerprint density at radius 3 is 2.76 bits per heavy atom. The summed E-state index contributed by atoms with van der Waals surface area (Å²) in [6, 6.07) is 4.26. The first-order valence-electron chi connectivity index (χ1n) is 4.90. The summed E-state index contributed by atoms with van der Waals surface area (Å²) in [5, 5.41) is 0. The van der Waals surface area contributed by atoms with E-state index in [4.69, 9.17) is 18.0 Å². The van der Waals surface area contributed by atoms with Crippen molar-refractivity contribution in [2.24, 2.45) is 5.73 Å². The van der Waals surface area contributed by atoms with Gasteiger partial charge in [-0.05, 0) is 34.1 Å². The molecule has 17 heavy (non-hydrogen) atoms. The predicted octanol–water partition coefficient (Wildman–Crippen LogP) is 2.34. The molecular weight excluding hydrogens is 307 g/mol. The van der Waals surface area contributed by atoms with Crippen molar-refractivity contribution in [3.8, 4) is 0 Å². The minimum absolute atomic E-state index is 0.257. The fourth-order valence-electron chi connectivity index (χ4n) is 1.23. The number of benzene rings is 1. The molecule has 0 radical (unpaired) electrons. The molecule has 0 aliphatic heterocycles. The maximum Gasteiger partial charge on any atom is 0.253 e. The van der Waals surface area contributed by atoms with Gasteiger partial charge in [0.15, 0.2) is 0 Å². The average Bonchev–Trinajstić information content (AvgIpc) is 2.28. The number of rotatable bonds is 4. The molecule has 0 fully saturated rings. The van der Waals surface area contributed by atoms with Crippen LogP contribution in [-0.4, -0.2) is 29.4 Å². The van der Waals surface area contributed by atoms with Crippen LogP contribution in [0.1, 0.15) is 16.8 Å². The van der Waals surface area contributed by atoms with Gasteiger partial charge in [0.2, 0.25) is 0 Å². The van der Waals surface area contributed by atoms with E-state index in [9.17, 15) is 9.18 Å². The van der Waals surface area contributed by atoms with Gasteiger partial charge < -0.3 is 10.6 Å². The molecule has 2 N–H and O–H groups in total. The summed E-state index contributed by atoms with van der Waals surface area (Å²) in [5.74, 6) is -0.716. The third-order valence-electron chi connectivity index (χ3n) is 2.21. The summed E-state index contributed by atoms with van der Waals surface area (Å²) in [4.78, 5) is 13.7. The number of nitrogens with two attached hydrogens (primary N) is 1. The number of amides is 1. The Hall–Kier alpha value is -1.01. The molecule has 0 saturated carbocycles. The zero-order chi connectivity index (χ0) is 13.0. The quantitative estimate of drug-likeness (QED) is 0.867. The van der Waals surface area contributed by atoms with E-state index in [-0.39, 0.29) is 5.91 Å². The van der Waals surface area contributed by atoms with Crippen LogP contribution >= 0.6 is 28.1 Å². The van der Waals surface area contributed by atoms with Crippen LogP contribution in [-0.2, 0) is 0 Å². The van der Waals surface area contributed by atoms with Gasteiger partial charge in [-0.3, -0.25) is 4.79 Å². The zero-order valence-electron chi connectivity index (χ0n) is 9.24. The molecule has 0 bridgehead atoms. The minimum Gasteiger partial charge on any atom is -0.393 e. The molecule has 1 aromatic carbocycles. The van der Waals surface area contributed by atoms with E-state index in [2.05, 4.69) is 15.9 Å². The van der Waals surface area contributed by atoms with Gasteiger partial charge in [-0.15, -0.1) is 0 Å². The van der Waals surface area contributed by atoms with Crippen LogP contribution < -0.4 is 5.73 Å². The Morgan fingerprint density at radius 1 is 1.59 bits per heavy atom. The molecule has 0 atom stereocenters. The topological polar surface area (TPSA) is 46.3 Å². The Bertz CT molecular complexity index is 453. The third-order valence-corrected chi connectivity index (χ3v) is 3.05. The second kappa shape index (κ2) is 6.07. The Balaban J connectivity index is 2.74. The van der Waals surface area contributed by atoms with Crippen molar-refractivity contribution < 1.29 is 9.18 Å². The lowest BCUT2D eigenvalue weighted by atomic mass is 10.2. The number of carbonyl (C=O) groups is 1. The highest BCUT2D eigenvalue weighted by atomic mass is 79.9. The molecule has 0 spiro atoms. The van der Waals surface area contributed by atoms with Crippen molar-refractivity contribution in [1.82, 2.24) is 4.90 Å². The van der Waals surface area contributed by atoms with E-state index in [1.54, 1.807) is 13.1 Å². The van der Waals surface area contributed by atoms with E-state index in [1.165, 1.54) is 17.0 Å². The van der Waals surface area contributed by atoms with E-state index >= 15 is 0 Å². The van der Waals surface area contributed by atoms with Crippen LogP contribution in [0, 0.1) is 5.82 Å². The van der Waals surface area contributed by atoms with Crippen LogP contribution in [0.25, 0.3) is 0 Å². The molecule has 0 saturated heterocycles. The van der Waals surface area contributed by atoms with Crippen molar-refractivity contribution in [2.45, 2.75) is 6.42 Å². The summed E-state index contributed by atoms with van der Waals surface area (Å²) in [6.07, 6.45) is 0.455. The summed E-state index contributed by atoms with van der Waals surface area (Å²) >= 11 is 7.76. The van der Waals surface area contributed by atoms with Crippen molar-refractivity contribution in [1.29, 1.82) is 0 Å². The third kappa shape index (κ3) is 4.05. The van der Waals surface area contributed by atoms with Gasteiger partial charge in [-0.1, -0.05) is 12.2 Å². The zero-order valence-corrected chi connectivity index (χ0v) is 11.6. The molecule has 92 valence electrons. The van der Waals surface area contributed by atoms with Gasteiger partial charge in [-0.2, -0.15) is 0 Å². The van der Waals surface area contributed by atoms with Crippen LogP contribution in [0.4, 0.5) is 4.39 Å². The molecule has 6 heteroatoms. The Morgan fingerprint density at radius 2 is 2.24 bits per heavy atom. The number of hydrogen-bond donors (Lipinski definition) is 1. The lowest BCUT2D eigenvalue weighted by Crippen LogP contribution is -2.30. The predicted molar refractivity (Wildman–Crippen MR) is 72.5 cm³/mol. The molecule has 1 aromatic rings. The van der Waals surface area contributed by atoms with E-state index < -0.39 is 5.82 Å². The second-order valence-corrected chi connectivity index (χ2v) is 4.95. The van der Waals surface area contributed by atoms with Gasteiger partial charge in [-0.25, -0.2) is 4.39 Å². The van der Waals surface area contributed by atoms with Crippen molar-refractivity contribution >= 4 is 39.0 Å².